The van der Waals surface area contributed by atoms with Crippen LogP contribution in [0.1, 0.15) is 5.56 Å². The van der Waals surface area contributed by atoms with Gasteiger partial charge in [-0.05, 0) is 47.9 Å². The molecule has 0 aliphatic heterocycles. The third-order valence-electron chi connectivity index (χ3n) is 2.37. The molecule has 2 aromatic carbocycles. The standard InChI is InChI=1S/C13H11ClFN/c1-8-4-10(6-11(15)5-8)9-2-3-12(14)13(16)7-9/h2-7H,16H2,1H3. The van der Waals surface area contributed by atoms with E-state index < -0.39 is 0 Å². The highest BCUT2D eigenvalue weighted by Gasteiger charge is 2.03. The van der Waals surface area contributed by atoms with Crippen LogP contribution >= 0.6 is 11.6 Å². The van der Waals surface area contributed by atoms with Crippen molar-refractivity contribution in [2.75, 3.05) is 5.73 Å². The Bertz CT molecular complexity index is 517. The molecular formula is C13H11ClFN. The van der Waals surface area contributed by atoms with Crippen LogP contribution in [0.2, 0.25) is 5.02 Å². The van der Waals surface area contributed by atoms with E-state index in [1.54, 1.807) is 12.1 Å². The average Bonchev–Trinajstić information content (AvgIpc) is 2.20. The minimum Gasteiger partial charge on any atom is -0.398 e. The summed E-state index contributed by atoms with van der Waals surface area (Å²) in [4.78, 5) is 0. The molecule has 0 spiro atoms. The Morgan fingerprint density at radius 2 is 1.81 bits per heavy atom. The summed E-state index contributed by atoms with van der Waals surface area (Å²) in [6.07, 6.45) is 0. The number of rotatable bonds is 1. The fraction of sp³-hybridized carbons (Fsp3) is 0.0769. The molecule has 0 fully saturated rings. The quantitative estimate of drug-likeness (QED) is 0.742. The van der Waals surface area contributed by atoms with Gasteiger partial charge in [0.15, 0.2) is 0 Å². The number of hydrogen-bond acceptors (Lipinski definition) is 1. The highest BCUT2D eigenvalue weighted by Crippen LogP contribution is 2.27. The molecule has 2 N–H and O–H groups in total. The van der Waals surface area contributed by atoms with Gasteiger partial charge in [0.25, 0.3) is 0 Å². The first-order valence-corrected chi connectivity index (χ1v) is 5.26. The molecular weight excluding hydrogens is 225 g/mol. The summed E-state index contributed by atoms with van der Waals surface area (Å²) in [5.74, 6) is -0.247. The molecule has 82 valence electrons. The van der Waals surface area contributed by atoms with Gasteiger partial charge < -0.3 is 5.73 Å². The normalized spacial score (nSPS) is 10.4. The predicted octanol–water partition coefficient (Wildman–Crippen LogP) is 4.04. The SMILES string of the molecule is Cc1cc(F)cc(-c2ccc(Cl)c(N)c2)c1. The minimum absolute atomic E-state index is 0.247. The van der Waals surface area contributed by atoms with Crippen molar-refractivity contribution in [3.8, 4) is 11.1 Å². The Hall–Kier alpha value is -1.54. The van der Waals surface area contributed by atoms with Crippen LogP contribution in [-0.2, 0) is 0 Å². The fourth-order valence-corrected chi connectivity index (χ4v) is 1.74. The van der Waals surface area contributed by atoms with E-state index in [1.165, 1.54) is 12.1 Å². The van der Waals surface area contributed by atoms with Gasteiger partial charge in [0.2, 0.25) is 0 Å². The van der Waals surface area contributed by atoms with Crippen molar-refractivity contribution < 1.29 is 4.39 Å². The van der Waals surface area contributed by atoms with Crippen molar-refractivity contribution in [1.82, 2.24) is 0 Å². The molecule has 0 radical (unpaired) electrons. The van der Waals surface area contributed by atoms with E-state index in [4.69, 9.17) is 17.3 Å². The highest BCUT2D eigenvalue weighted by atomic mass is 35.5. The van der Waals surface area contributed by atoms with Crippen molar-refractivity contribution in [3.63, 3.8) is 0 Å². The van der Waals surface area contributed by atoms with E-state index in [2.05, 4.69) is 0 Å². The van der Waals surface area contributed by atoms with Crippen LogP contribution in [0.4, 0.5) is 10.1 Å². The molecule has 0 saturated heterocycles. The second-order valence-corrected chi connectivity index (χ2v) is 4.16. The first-order valence-electron chi connectivity index (χ1n) is 4.89. The number of nitrogen functional groups attached to an aromatic ring is 1. The maximum absolute atomic E-state index is 13.2. The zero-order chi connectivity index (χ0) is 11.7. The summed E-state index contributed by atoms with van der Waals surface area (Å²) in [6, 6.07) is 10.2. The maximum Gasteiger partial charge on any atom is 0.124 e. The van der Waals surface area contributed by atoms with Crippen LogP contribution < -0.4 is 5.73 Å². The summed E-state index contributed by atoms with van der Waals surface area (Å²) in [5, 5.41) is 0.511. The summed E-state index contributed by atoms with van der Waals surface area (Å²) >= 11 is 5.83. The maximum atomic E-state index is 13.2. The molecule has 0 atom stereocenters. The Balaban J connectivity index is 2.54. The summed E-state index contributed by atoms with van der Waals surface area (Å²) in [5.41, 5.74) is 8.76. The monoisotopic (exact) mass is 235 g/mol. The van der Waals surface area contributed by atoms with E-state index in [1.807, 2.05) is 19.1 Å². The topological polar surface area (TPSA) is 26.0 Å². The lowest BCUT2D eigenvalue weighted by Crippen LogP contribution is -1.88. The molecule has 1 nitrogen and oxygen atoms in total. The second-order valence-electron chi connectivity index (χ2n) is 3.75. The van der Waals surface area contributed by atoms with Crippen LogP contribution in [0, 0.1) is 12.7 Å². The van der Waals surface area contributed by atoms with Gasteiger partial charge >= 0.3 is 0 Å². The van der Waals surface area contributed by atoms with E-state index in [0.717, 1.165) is 16.7 Å². The van der Waals surface area contributed by atoms with Gasteiger partial charge in [-0.3, -0.25) is 0 Å². The van der Waals surface area contributed by atoms with Crippen molar-refractivity contribution in [3.05, 3.63) is 52.8 Å². The van der Waals surface area contributed by atoms with Gasteiger partial charge in [0.05, 0.1) is 10.7 Å². The van der Waals surface area contributed by atoms with Crippen molar-refractivity contribution in [1.29, 1.82) is 0 Å². The summed E-state index contributed by atoms with van der Waals surface area (Å²) in [7, 11) is 0. The molecule has 2 rings (SSSR count). The van der Waals surface area contributed by atoms with Crippen molar-refractivity contribution >= 4 is 17.3 Å². The number of halogens is 2. The molecule has 0 heterocycles. The van der Waals surface area contributed by atoms with E-state index >= 15 is 0 Å². The van der Waals surface area contributed by atoms with E-state index in [0.29, 0.717) is 10.7 Å². The largest absolute Gasteiger partial charge is 0.398 e. The minimum atomic E-state index is -0.247. The number of aryl methyl sites for hydroxylation is 1. The van der Waals surface area contributed by atoms with Crippen LogP contribution in [-0.4, -0.2) is 0 Å². The highest BCUT2D eigenvalue weighted by molar-refractivity contribution is 6.33. The molecule has 0 unspecified atom stereocenters. The summed E-state index contributed by atoms with van der Waals surface area (Å²) < 4.78 is 13.2. The van der Waals surface area contributed by atoms with Gasteiger partial charge in [-0.1, -0.05) is 23.7 Å². The molecule has 16 heavy (non-hydrogen) atoms. The van der Waals surface area contributed by atoms with Crippen LogP contribution in [0.15, 0.2) is 36.4 Å². The van der Waals surface area contributed by atoms with E-state index in [9.17, 15) is 4.39 Å². The lowest BCUT2D eigenvalue weighted by Gasteiger charge is -2.06. The van der Waals surface area contributed by atoms with Gasteiger partial charge in [0, 0.05) is 0 Å². The first kappa shape index (κ1) is 11.0. The molecule has 0 bridgehead atoms. The van der Waals surface area contributed by atoms with Gasteiger partial charge in [-0.15, -0.1) is 0 Å². The molecule has 0 saturated carbocycles. The molecule has 0 aliphatic rings. The first-order chi connectivity index (χ1) is 7.56. The molecule has 2 aromatic rings. The molecule has 0 amide bonds. The lowest BCUT2D eigenvalue weighted by molar-refractivity contribution is 0.627. The van der Waals surface area contributed by atoms with Crippen molar-refractivity contribution in [2.45, 2.75) is 6.92 Å². The Morgan fingerprint density at radius 3 is 2.44 bits per heavy atom. The van der Waals surface area contributed by atoms with Gasteiger partial charge in [-0.25, -0.2) is 4.39 Å². The second kappa shape index (κ2) is 4.14. The van der Waals surface area contributed by atoms with Crippen LogP contribution in [0.5, 0.6) is 0 Å². The Morgan fingerprint density at radius 1 is 1.06 bits per heavy atom. The Kier molecular flexibility index (Phi) is 2.84. The van der Waals surface area contributed by atoms with Gasteiger partial charge in [-0.2, -0.15) is 0 Å². The van der Waals surface area contributed by atoms with Crippen molar-refractivity contribution in [2.24, 2.45) is 0 Å². The predicted molar refractivity (Wildman–Crippen MR) is 66.0 cm³/mol. The number of nitrogens with two attached hydrogens (primary N) is 1. The van der Waals surface area contributed by atoms with Crippen LogP contribution in [0.25, 0.3) is 11.1 Å². The third kappa shape index (κ3) is 2.17. The van der Waals surface area contributed by atoms with E-state index in [-0.39, 0.29) is 5.82 Å². The zero-order valence-corrected chi connectivity index (χ0v) is 9.55. The number of hydrogen-bond donors (Lipinski definition) is 1. The average molecular weight is 236 g/mol. The Labute approximate surface area is 98.7 Å². The smallest absolute Gasteiger partial charge is 0.124 e. The third-order valence-corrected chi connectivity index (χ3v) is 2.72. The zero-order valence-electron chi connectivity index (χ0n) is 8.80. The lowest BCUT2D eigenvalue weighted by atomic mass is 10.0. The molecule has 0 aromatic heterocycles. The number of anilines is 1. The molecule has 0 aliphatic carbocycles. The van der Waals surface area contributed by atoms with Crippen LogP contribution in [0.3, 0.4) is 0 Å². The molecule has 3 heteroatoms. The van der Waals surface area contributed by atoms with Gasteiger partial charge in [0.1, 0.15) is 5.82 Å². The number of benzene rings is 2. The fourth-order valence-electron chi connectivity index (χ4n) is 1.63. The summed E-state index contributed by atoms with van der Waals surface area (Å²) in [6.45, 7) is 1.85.